The maximum absolute atomic E-state index is 12.4. The number of halogens is 3. The van der Waals surface area contributed by atoms with E-state index >= 15 is 0 Å². The van der Waals surface area contributed by atoms with Gasteiger partial charge < -0.3 is 10.2 Å². The highest BCUT2D eigenvalue weighted by Crippen LogP contribution is 2.44. The summed E-state index contributed by atoms with van der Waals surface area (Å²) >= 11 is 0. The molecule has 0 aromatic carbocycles. The van der Waals surface area contributed by atoms with Crippen LogP contribution >= 0.6 is 0 Å². The molecule has 1 saturated heterocycles. The van der Waals surface area contributed by atoms with E-state index in [0.717, 1.165) is 11.3 Å². The van der Waals surface area contributed by atoms with Gasteiger partial charge in [-0.2, -0.15) is 13.2 Å². The molecule has 0 bridgehead atoms. The molecule has 1 aliphatic carbocycles. The summed E-state index contributed by atoms with van der Waals surface area (Å²) in [4.78, 5) is 12.3. The van der Waals surface area contributed by atoms with Gasteiger partial charge in [0.1, 0.15) is 0 Å². The van der Waals surface area contributed by atoms with E-state index in [0.29, 0.717) is 19.4 Å². The van der Waals surface area contributed by atoms with Crippen LogP contribution in [0.5, 0.6) is 0 Å². The standard InChI is InChI=1S/C10H15F3N2O/c1-2-7-5-15(8(16)10(11,12)13)9(3-4-9)6-14-7/h7,14H,2-6H2,1H3. The number of hydrogen-bond acceptors (Lipinski definition) is 2. The summed E-state index contributed by atoms with van der Waals surface area (Å²) in [5.41, 5.74) is -0.543. The van der Waals surface area contributed by atoms with Gasteiger partial charge >= 0.3 is 12.1 Å². The van der Waals surface area contributed by atoms with Crippen LogP contribution in [0, 0.1) is 0 Å². The van der Waals surface area contributed by atoms with E-state index in [-0.39, 0.29) is 12.6 Å². The van der Waals surface area contributed by atoms with Crippen molar-refractivity contribution in [1.82, 2.24) is 10.2 Å². The van der Waals surface area contributed by atoms with Crippen LogP contribution in [0.25, 0.3) is 0 Å². The zero-order valence-electron chi connectivity index (χ0n) is 9.10. The summed E-state index contributed by atoms with van der Waals surface area (Å²) in [7, 11) is 0. The molecule has 92 valence electrons. The van der Waals surface area contributed by atoms with Crippen LogP contribution in [0.15, 0.2) is 0 Å². The monoisotopic (exact) mass is 236 g/mol. The molecule has 2 aliphatic rings. The highest BCUT2D eigenvalue weighted by Gasteiger charge is 2.57. The molecule has 2 rings (SSSR count). The number of hydrogen-bond donors (Lipinski definition) is 1. The molecule has 1 atom stereocenters. The van der Waals surface area contributed by atoms with E-state index in [1.165, 1.54) is 0 Å². The van der Waals surface area contributed by atoms with Crippen molar-refractivity contribution in [1.29, 1.82) is 0 Å². The van der Waals surface area contributed by atoms with Crippen molar-refractivity contribution in [3.63, 3.8) is 0 Å². The lowest BCUT2D eigenvalue weighted by molar-refractivity contribution is -0.190. The van der Waals surface area contributed by atoms with Gasteiger partial charge in [-0.3, -0.25) is 4.79 Å². The van der Waals surface area contributed by atoms with Gasteiger partial charge in [-0.15, -0.1) is 0 Å². The van der Waals surface area contributed by atoms with Crippen molar-refractivity contribution in [2.75, 3.05) is 13.1 Å². The number of carbonyl (C=O) groups excluding carboxylic acids is 1. The SMILES string of the molecule is CCC1CN(C(=O)C(F)(F)F)C2(CC2)CN1. The summed E-state index contributed by atoms with van der Waals surface area (Å²) < 4.78 is 37.3. The van der Waals surface area contributed by atoms with Gasteiger partial charge in [0.05, 0.1) is 5.54 Å². The number of alkyl halides is 3. The molecule has 2 fully saturated rings. The molecular formula is C10H15F3N2O. The van der Waals surface area contributed by atoms with Gasteiger partial charge in [0.15, 0.2) is 0 Å². The van der Waals surface area contributed by atoms with E-state index in [1.54, 1.807) is 0 Å². The van der Waals surface area contributed by atoms with Crippen molar-refractivity contribution < 1.29 is 18.0 Å². The van der Waals surface area contributed by atoms with Crippen molar-refractivity contribution in [2.24, 2.45) is 0 Å². The Morgan fingerprint density at radius 1 is 1.50 bits per heavy atom. The number of carbonyl (C=O) groups is 1. The fourth-order valence-corrected chi connectivity index (χ4v) is 2.22. The minimum Gasteiger partial charge on any atom is -0.326 e. The Kier molecular flexibility index (Phi) is 2.64. The van der Waals surface area contributed by atoms with Crippen LogP contribution in [0.1, 0.15) is 26.2 Å². The van der Waals surface area contributed by atoms with Crippen LogP contribution in [0.4, 0.5) is 13.2 Å². The molecule has 1 amide bonds. The highest BCUT2D eigenvalue weighted by molar-refractivity contribution is 5.83. The second kappa shape index (κ2) is 3.61. The average Bonchev–Trinajstić information content (AvgIpc) is 2.97. The van der Waals surface area contributed by atoms with Gasteiger partial charge in [0.25, 0.3) is 0 Å². The maximum Gasteiger partial charge on any atom is 0.471 e. The van der Waals surface area contributed by atoms with Crippen LogP contribution in [0.2, 0.25) is 0 Å². The summed E-state index contributed by atoms with van der Waals surface area (Å²) in [6.45, 7) is 2.57. The van der Waals surface area contributed by atoms with E-state index in [1.807, 2.05) is 6.92 Å². The first-order valence-corrected chi connectivity index (χ1v) is 5.51. The van der Waals surface area contributed by atoms with E-state index in [4.69, 9.17) is 0 Å². The molecule has 6 heteroatoms. The first-order valence-electron chi connectivity index (χ1n) is 5.51. The molecule has 0 radical (unpaired) electrons. The Labute approximate surface area is 92.0 Å². The van der Waals surface area contributed by atoms with E-state index < -0.39 is 17.6 Å². The molecule has 1 heterocycles. The van der Waals surface area contributed by atoms with Crippen molar-refractivity contribution in [2.45, 2.75) is 43.9 Å². The topological polar surface area (TPSA) is 32.3 Å². The molecule has 0 aromatic heterocycles. The minimum atomic E-state index is -4.74. The average molecular weight is 236 g/mol. The molecular weight excluding hydrogens is 221 g/mol. The Bertz CT molecular complexity index is 299. The van der Waals surface area contributed by atoms with Crippen molar-refractivity contribution >= 4 is 5.91 Å². The summed E-state index contributed by atoms with van der Waals surface area (Å²) in [6, 6.07) is -0.0162. The van der Waals surface area contributed by atoms with Crippen LogP contribution in [-0.4, -0.2) is 41.7 Å². The lowest BCUT2D eigenvalue weighted by Gasteiger charge is -2.41. The number of amides is 1. The molecule has 1 saturated carbocycles. The van der Waals surface area contributed by atoms with E-state index in [2.05, 4.69) is 5.32 Å². The first kappa shape index (κ1) is 11.7. The largest absolute Gasteiger partial charge is 0.471 e. The van der Waals surface area contributed by atoms with Crippen molar-refractivity contribution in [3.05, 3.63) is 0 Å². The smallest absolute Gasteiger partial charge is 0.326 e. The minimum absolute atomic E-state index is 0.0162. The quantitative estimate of drug-likeness (QED) is 0.744. The Morgan fingerprint density at radius 3 is 2.56 bits per heavy atom. The zero-order valence-corrected chi connectivity index (χ0v) is 9.10. The third kappa shape index (κ3) is 1.90. The fraction of sp³-hybridized carbons (Fsp3) is 0.900. The predicted molar refractivity (Wildman–Crippen MR) is 51.8 cm³/mol. The number of piperazine rings is 1. The molecule has 0 aromatic rings. The normalized spacial score (nSPS) is 28.2. The molecule has 1 aliphatic heterocycles. The highest BCUT2D eigenvalue weighted by atomic mass is 19.4. The van der Waals surface area contributed by atoms with Gasteiger partial charge in [-0.25, -0.2) is 0 Å². The van der Waals surface area contributed by atoms with Gasteiger partial charge in [-0.05, 0) is 19.3 Å². The summed E-state index contributed by atoms with van der Waals surface area (Å²) in [5.74, 6) is -1.68. The maximum atomic E-state index is 12.4. The third-order valence-corrected chi connectivity index (χ3v) is 3.50. The summed E-state index contributed by atoms with van der Waals surface area (Å²) in [6.07, 6.45) is -2.65. The number of nitrogens with zero attached hydrogens (tertiary/aromatic N) is 1. The zero-order chi connectivity index (χ0) is 12.0. The predicted octanol–water partition coefficient (Wildman–Crippen LogP) is 1.29. The third-order valence-electron chi connectivity index (χ3n) is 3.50. The molecule has 3 nitrogen and oxygen atoms in total. The second-order valence-corrected chi connectivity index (χ2v) is 4.62. The Morgan fingerprint density at radius 2 is 2.12 bits per heavy atom. The number of rotatable bonds is 1. The second-order valence-electron chi connectivity index (χ2n) is 4.62. The summed E-state index contributed by atoms with van der Waals surface area (Å²) in [5, 5.41) is 3.20. The fourth-order valence-electron chi connectivity index (χ4n) is 2.22. The van der Waals surface area contributed by atoms with Crippen molar-refractivity contribution in [3.8, 4) is 0 Å². The Balaban J connectivity index is 2.13. The Hall–Kier alpha value is -0.780. The van der Waals surface area contributed by atoms with Gasteiger partial charge in [-0.1, -0.05) is 6.92 Å². The van der Waals surface area contributed by atoms with Gasteiger partial charge in [0, 0.05) is 19.1 Å². The first-order chi connectivity index (χ1) is 7.39. The van der Waals surface area contributed by atoms with Crippen LogP contribution in [-0.2, 0) is 4.79 Å². The molecule has 1 spiro atoms. The lowest BCUT2D eigenvalue weighted by atomic mass is 10.1. The lowest BCUT2D eigenvalue weighted by Crippen LogP contribution is -2.62. The van der Waals surface area contributed by atoms with Crippen LogP contribution in [0.3, 0.4) is 0 Å². The molecule has 1 N–H and O–H groups in total. The number of nitrogens with one attached hydrogen (secondary N) is 1. The molecule has 16 heavy (non-hydrogen) atoms. The van der Waals surface area contributed by atoms with Crippen LogP contribution < -0.4 is 5.32 Å². The van der Waals surface area contributed by atoms with Gasteiger partial charge in [0.2, 0.25) is 0 Å². The molecule has 1 unspecified atom stereocenters. The van der Waals surface area contributed by atoms with E-state index in [9.17, 15) is 18.0 Å².